The molecule has 1 aromatic heterocycles. The molecule has 1 heterocycles. The summed E-state index contributed by atoms with van der Waals surface area (Å²) in [6.07, 6.45) is 3.08. The zero-order valence-electron chi connectivity index (χ0n) is 13.0. The van der Waals surface area contributed by atoms with Gasteiger partial charge < -0.3 is 9.30 Å². The molecule has 0 saturated carbocycles. The van der Waals surface area contributed by atoms with Crippen molar-refractivity contribution in [3.63, 3.8) is 0 Å². The minimum atomic E-state index is -0.563. The van der Waals surface area contributed by atoms with E-state index in [4.69, 9.17) is 4.74 Å². The molecule has 24 heavy (non-hydrogen) atoms. The third-order valence-corrected chi connectivity index (χ3v) is 4.26. The third kappa shape index (κ3) is 4.12. The first kappa shape index (κ1) is 18.4. The number of hydrogen-bond donors (Lipinski definition) is 1. The van der Waals surface area contributed by atoms with Gasteiger partial charge in [0.05, 0.1) is 17.8 Å². The molecule has 2 rings (SSSR count). The van der Waals surface area contributed by atoms with Gasteiger partial charge in [-0.05, 0) is 47.1 Å². The van der Waals surface area contributed by atoms with Gasteiger partial charge in [-0.15, -0.1) is 0 Å². The summed E-state index contributed by atoms with van der Waals surface area (Å²) in [7, 11) is 1.54. The Labute approximate surface area is 155 Å². The Morgan fingerprint density at radius 1 is 1.42 bits per heavy atom. The molecular weight excluding hydrogens is 442 g/mol. The predicted molar refractivity (Wildman–Crippen MR) is 99.8 cm³/mol. The zero-order chi connectivity index (χ0) is 17.7. The highest BCUT2D eigenvalue weighted by Gasteiger charge is 2.11. The van der Waals surface area contributed by atoms with E-state index in [0.717, 1.165) is 8.95 Å². The molecule has 0 aliphatic carbocycles. The van der Waals surface area contributed by atoms with Crippen molar-refractivity contribution in [1.29, 1.82) is 0 Å². The van der Waals surface area contributed by atoms with Crippen molar-refractivity contribution >= 4 is 44.0 Å². The maximum absolute atomic E-state index is 12.1. The quantitative estimate of drug-likeness (QED) is 0.554. The van der Waals surface area contributed by atoms with Crippen LogP contribution < -0.4 is 15.7 Å². The molecule has 0 radical (unpaired) electrons. The van der Waals surface area contributed by atoms with Crippen LogP contribution in [0.25, 0.3) is 0 Å². The van der Waals surface area contributed by atoms with Gasteiger partial charge in [-0.3, -0.25) is 9.59 Å². The van der Waals surface area contributed by atoms with Gasteiger partial charge in [0.2, 0.25) is 0 Å². The number of methoxy groups -OCH3 is 1. The van der Waals surface area contributed by atoms with Gasteiger partial charge in [-0.25, -0.2) is 5.43 Å². The molecule has 0 unspecified atom stereocenters. The second-order valence-corrected chi connectivity index (χ2v) is 6.49. The van der Waals surface area contributed by atoms with Gasteiger partial charge in [0, 0.05) is 22.8 Å². The highest BCUT2D eigenvalue weighted by Crippen LogP contribution is 2.31. The maximum atomic E-state index is 12.1. The normalized spacial score (nSPS) is 10.8. The Bertz CT molecular complexity index is 847. The lowest BCUT2D eigenvalue weighted by Gasteiger charge is -2.08. The van der Waals surface area contributed by atoms with Crippen molar-refractivity contribution in [2.45, 2.75) is 13.5 Å². The number of ether oxygens (including phenoxy) is 1. The Kier molecular flexibility index (Phi) is 6.33. The molecule has 1 amide bonds. The van der Waals surface area contributed by atoms with E-state index in [0.29, 0.717) is 17.9 Å². The molecule has 0 spiro atoms. The topological polar surface area (TPSA) is 72.7 Å². The van der Waals surface area contributed by atoms with E-state index in [9.17, 15) is 9.59 Å². The monoisotopic (exact) mass is 455 g/mol. The number of halogens is 2. The lowest BCUT2D eigenvalue weighted by Crippen LogP contribution is -2.30. The summed E-state index contributed by atoms with van der Waals surface area (Å²) >= 11 is 6.77. The summed E-state index contributed by atoms with van der Waals surface area (Å²) < 4.78 is 8.33. The number of rotatable bonds is 5. The Morgan fingerprint density at radius 3 is 2.83 bits per heavy atom. The zero-order valence-corrected chi connectivity index (χ0v) is 16.2. The van der Waals surface area contributed by atoms with Crippen LogP contribution in [0.1, 0.15) is 22.8 Å². The molecule has 2 aromatic rings. The minimum absolute atomic E-state index is 0.0406. The number of nitrogens with zero attached hydrogens (tertiary/aromatic N) is 2. The smallest absolute Gasteiger partial charge is 0.276 e. The predicted octanol–water partition coefficient (Wildman–Crippen LogP) is 3.17. The van der Waals surface area contributed by atoms with E-state index in [1.54, 1.807) is 25.4 Å². The molecule has 126 valence electrons. The van der Waals surface area contributed by atoms with Gasteiger partial charge in [0.15, 0.2) is 0 Å². The lowest BCUT2D eigenvalue weighted by atomic mass is 10.2. The van der Waals surface area contributed by atoms with Crippen molar-refractivity contribution in [1.82, 2.24) is 9.99 Å². The molecule has 1 N–H and O–H groups in total. The van der Waals surface area contributed by atoms with Crippen molar-refractivity contribution in [3.8, 4) is 5.75 Å². The second kappa shape index (κ2) is 8.25. The average molecular weight is 457 g/mol. The van der Waals surface area contributed by atoms with Crippen molar-refractivity contribution in [2.75, 3.05) is 7.11 Å². The van der Waals surface area contributed by atoms with Crippen LogP contribution in [-0.4, -0.2) is 23.8 Å². The second-order valence-electron chi connectivity index (χ2n) is 4.72. The molecule has 0 fully saturated rings. The third-order valence-electron chi connectivity index (χ3n) is 3.22. The van der Waals surface area contributed by atoms with Gasteiger partial charge in [-0.2, -0.15) is 5.10 Å². The molecule has 6 nitrogen and oxygen atoms in total. The van der Waals surface area contributed by atoms with E-state index in [2.05, 4.69) is 42.4 Å². The molecule has 1 aromatic carbocycles. The summed E-state index contributed by atoms with van der Waals surface area (Å²) in [6.45, 7) is 2.32. The number of nitrogens with one attached hydrogen (secondary N) is 1. The maximum Gasteiger partial charge on any atom is 0.276 e. The van der Waals surface area contributed by atoms with Crippen LogP contribution in [0.4, 0.5) is 0 Å². The molecule has 0 bridgehead atoms. The van der Waals surface area contributed by atoms with E-state index < -0.39 is 5.91 Å². The van der Waals surface area contributed by atoms with Crippen molar-refractivity contribution in [3.05, 3.63) is 60.9 Å². The summed E-state index contributed by atoms with van der Waals surface area (Å²) in [4.78, 5) is 24.2. The highest BCUT2D eigenvalue weighted by molar-refractivity contribution is 9.11. The van der Waals surface area contributed by atoms with E-state index in [1.807, 2.05) is 13.0 Å². The molecule has 0 atom stereocenters. The molecule has 0 saturated heterocycles. The van der Waals surface area contributed by atoms with E-state index in [-0.39, 0.29) is 11.1 Å². The number of hydrazone groups is 1. The largest absolute Gasteiger partial charge is 0.495 e. The lowest BCUT2D eigenvalue weighted by molar-refractivity contribution is 0.0953. The molecule has 8 heteroatoms. The van der Waals surface area contributed by atoms with Crippen LogP contribution in [0.5, 0.6) is 5.75 Å². The summed E-state index contributed by atoms with van der Waals surface area (Å²) in [6, 6.07) is 6.76. The van der Waals surface area contributed by atoms with Crippen LogP contribution in [0, 0.1) is 0 Å². The Hall–Kier alpha value is -1.93. The SMILES string of the molecule is CCn1cccc(C(=O)N/N=C\c2cc(Br)cc(Br)c2OC)c1=O. The number of amides is 1. The van der Waals surface area contributed by atoms with Crippen molar-refractivity contribution < 1.29 is 9.53 Å². The standard InChI is InChI=1S/C16H15Br2N3O3/c1-3-21-6-4-5-12(16(21)23)15(22)20-19-9-10-7-11(17)8-13(18)14(10)24-2/h4-9H,3H2,1-2H3,(H,20,22)/b19-9-. The van der Waals surface area contributed by atoms with Crippen LogP contribution in [-0.2, 0) is 6.54 Å². The van der Waals surface area contributed by atoms with Gasteiger partial charge in [0.1, 0.15) is 11.3 Å². The Balaban J connectivity index is 2.21. The number of hydrogen-bond acceptors (Lipinski definition) is 4. The molecule has 0 aliphatic heterocycles. The van der Waals surface area contributed by atoms with E-state index in [1.165, 1.54) is 16.8 Å². The minimum Gasteiger partial charge on any atom is -0.495 e. The fraction of sp³-hybridized carbons (Fsp3) is 0.188. The summed E-state index contributed by atoms with van der Waals surface area (Å²) in [5, 5.41) is 3.91. The number of carbonyl (C=O) groups is 1. The highest BCUT2D eigenvalue weighted by atomic mass is 79.9. The van der Waals surface area contributed by atoms with Crippen LogP contribution in [0.2, 0.25) is 0 Å². The fourth-order valence-corrected chi connectivity index (χ4v) is 3.49. The summed E-state index contributed by atoms with van der Waals surface area (Å²) in [5.41, 5.74) is 2.71. The first-order chi connectivity index (χ1) is 11.5. The first-order valence-electron chi connectivity index (χ1n) is 7.03. The number of pyridine rings is 1. The van der Waals surface area contributed by atoms with Crippen LogP contribution in [0.15, 0.2) is 49.3 Å². The van der Waals surface area contributed by atoms with Gasteiger partial charge >= 0.3 is 0 Å². The number of carbonyl (C=O) groups excluding carboxylic acids is 1. The first-order valence-corrected chi connectivity index (χ1v) is 8.62. The molecular formula is C16H15Br2N3O3. The van der Waals surface area contributed by atoms with Gasteiger partial charge in [0.25, 0.3) is 11.5 Å². The Morgan fingerprint density at radius 2 is 2.17 bits per heavy atom. The van der Waals surface area contributed by atoms with Gasteiger partial charge in [-0.1, -0.05) is 15.9 Å². The summed E-state index contributed by atoms with van der Waals surface area (Å²) in [5.74, 6) is 0.0244. The average Bonchev–Trinajstić information content (AvgIpc) is 2.54. The van der Waals surface area contributed by atoms with Crippen LogP contribution in [0.3, 0.4) is 0 Å². The van der Waals surface area contributed by atoms with Crippen LogP contribution >= 0.6 is 31.9 Å². The number of benzene rings is 1. The number of aryl methyl sites for hydroxylation is 1. The fourth-order valence-electron chi connectivity index (χ4n) is 2.07. The molecule has 0 aliphatic rings. The number of aromatic nitrogens is 1. The van der Waals surface area contributed by atoms with E-state index >= 15 is 0 Å². The van der Waals surface area contributed by atoms with Crippen molar-refractivity contribution in [2.24, 2.45) is 5.10 Å².